The van der Waals surface area contributed by atoms with Crippen LogP contribution in [0.1, 0.15) is 25.1 Å². The summed E-state index contributed by atoms with van der Waals surface area (Å²) in [6, 6.07) is 0.509. The number of alkyl halides is 1. The molecule has 0 radical (unpaired) electrons. The van der Waals surface area contributed by atoms with Gasteiger partial charge in [0.05, 0.1) is 5.51 Å². The number of hydrogen-bond acceptors (Lipinski definition) is 3. The molecule has 0 aliphatic carbocycles. The minimum Gasteiger partial charge on any atom is -0.309 e. The SMILES string of the molecule is CC(C)C(CCCl)NCc1cncs1. The van der Waals surface area contributed by atoms with E-state index in [0.717, 1.165) is 18.8 Å². The lowest BCUT2D eigenvalue weighted by Crippen LogP contribution is -2.33. The molecule has 0 fully saturated rings. The largest absolute Gasteiger partial charge is 0.309 e. The lowest BCUT2D eigenvalue weighted by atomic mass is 10.0. The molecule has 0 spiro atoms. The summed E-state index contributed by atoms with van der Waals surface area (Å²) in [5, 5.41) is 3.51. The van der Waals surface area contributed by atoms with E-state index in [1.54, 1.807) is 11.3 Å². The van der Waals surface area contributed by atoms with Crippen LogP contribution in [0.2, 0.25) is 0 Å². The standard InChI is InChI=1S/C10H17ClN2S/c1-8(2)10(3-4-11)13-6-9-5-12-7-14-9/h5,7-8,10,13H,3-4,6H2,1-2H3. The topological polar surface area (TPSA) is 24.9 Å². The maximum Gasteiger partial charge on any atom is 0.0794 e. The number of halogens is 1. The Morgan fingerprint density at radius 3 is 2.86 bits per heavy atom. The van der Waals surface area contributed by atoms with Gasteiger partial charge in [-0.15, -0.1) is 22.9 Å². The van der Waals surface area contributed by atoms with E-state index in [2.05, 4.69) is 24.1 Å². The van der Waals surface area contributed by atoms with E-state index in [0.29, 0.717) is 12.0 Å². The van der Waals surface area contributed by atoms with Crippen molar-refractivity contribution in [3.8, 4) is 0 Å². The highest BCUT2D eigenvalue weighted by Crippen LogP contribution is 2.10. The van der Waals surface area contributed by atoms with Gasteiger partial charge in [-0.2, -0.15) is 0 Å². The molecule has 0 saturated carbocycles. The summed E-state index contributed by atoms with van der Waals surface area (Å²) in [5.41, 5.74) is 1.86. The maximum atomic E-state index is 5.75. The molecule has 1 aromatic heterocycles. The molecule has 4 heteroatoms. The first-order chi connectivity index (χ1) is 6.74. The zero-order valence-electron chi connectivity index (χ0n) is 8.66. The van der Waals surface area contributed by atoms with E-state index in [-0.39, 0.29) is 0 Å². The van der Waals surface area contributed by atoms with Gasteiger partial charge in [-0.3, -0.25) is 4.98 Å². The first-order valence-corrected chi connectivity index (χ1v) is 6.32. The van der Waals surface area contributed by atoms with Crippen LogP contribution in [0.15, 0.2) is 11.7 Å². The highest BCUT2D eigenvalue weighted by molar-refractivity contribution is 7.09. The molecule has 0 aliphatic rings. The molecule has 0 aliphatic heterocycles. The van der Waals surface area contributed by atoms with Crippen LogP contribution in [-0.2, 0) is 6.54 Å². The second kappa shape index (κ2) is 6.38. The molecular weight excluding hydrogens is 216 g/mol. The highest BCUT2D eigenvalue weighted by atomic mass is 35.5. The lowest BCUT2D eigenvalue weighted by molar-refractivity contribution is 0.390. The van der Waals surface area contributed by atoms with Gasteiger partial charge in [0.2, 0.25) is 0 Å². The second-order valence-corrected chi connectivity index (χ2v) is 5.03. The smallest absolute Gasteiger partial charge is 0.0794 e. The van der Waals surface area contributed by atoms with Gasteiger partial charge < -0.3 is 5.32 Å². The molecule has 1 heterocycles. The van der Waals surface area contributed by atoms with Crippen LogP contribution >= 0.6 is 22.9 Å². The Balaban J connectivity index is 2.33. The van der Waals surface area contributed by atoms with Crippen molar-refractivity contribution in [1.29, 1.82) is 0 Å². The fraction of sp³-hybridized carbons (Fsp3) is 0.700. The highest BCUT2D eigenvalue weighted by Gasteiger charge is 2.11. The van der Waals surface area contributed by atoms with Gasteiger partial charge in [-0.1, -0.05) is 13.8 Å². The van der Waals surface area contributed by atoms with Gasteiger partial charge in [-0.05, 0) is 12.3 Å². The quantitative estimate of drug-likeness (QED) is 0.763. The van der Waals surface area contributed by atoms with Crippen LogP contribution in [0.5, 0.6) is 0 Å². The summed E-state index contributed by atoms with van der Waals surface area (Å²) in [6.45, 7) is 5.35. The molecular formula is C10H17ClN2S. The Kier molecular flexibility index (Phi) is 5.45. The predicted molar refractivity (Wildman–Crippen MR) is 62.9 cm³/mol. The molecule has 80 valence electrons. The zero-order valence-corrected chi connectivity index (χ0v) is 10.2. The normalized spacial score (nSPS) is 13.4. The third-order valence-electron chi connectivity index (χ3n) is 2.25. The number of nitrogens with zero attached hydrogens (tertiary/aromatic N) is 1. The van der Waals surface area contributed by atoms with Crippen molar-refractivity contribution in [2.24, 2.45) is 5.92 Å². The summed E-state index contributed by atoms with van der Waals surface area (Å²) in [6.07, 6.45) is 2.94. The number of aromatic nitrogens is 1. The number of rotatable bonds is 6. The summed E-state index contributed by atoms with van der Waals surface area (Å²) in [5.74, 6) is 1.35. The third-order valence-corrected chi connectivity index (χ3v) is 3.24. The predicted octanol–water partition coefficient (Wildman–Crippen LogP) is 2.89. The van der Waals surface area contributed by atoms with Crippen molar-refractivity contribution in [1.82, 2.24) is 10.3 Å². The van der Waals surface area contributed by atoms with Crippen molar-refractivity contribution in [2.45, 2.75) is 32.9 Å². The van der Waals surface area contributed by atoms with Crippen LogP contribution < -0.4 is 5.32 Å². The van der Waals surface area contributed by atoms with E-state index in [1.807, 2.05) is 11.7 Å². The van der Waals surface area contributed by atoms with E-state index in [1.165, 1.54) is 4.88 Å². The van der Waals surface area contributed by atoms with Gasteiger partial charge in [0.15, 0.2) is 0 Å². The van der Waals surface area contributed by atoms with Crippen LogP contribution in [0, 0.1) is 5.92 Å². The molecule has 1 rings (SSSR count). The average Bonchev–Trinajstić information content (AvgIpc) is 2.64. The molecule has 1 unspecified atom stereocenters. The Labute approximate surface area is 94.7 Å². The number of nitrogens with one attached hydrogen (secondary N) is 1. The Morgan fingerprint density at radius 2 is 2.36 bits per heavy atom. The zero-order chi connectivity index (χ0) is 10.4. The molecule has 0 amide bonds. The Hall–Kier alpha value is -0.120. The first-order valence-electron chi connectivity index (χ1n) is 4.90. The van der Waals surface area contributed by atoms with Crippen LogP contribution in [0.3, 0.4) is 0 Å². The van der Waals surface area contributed by atoms with E-state index < -0.39 is 0 Å². The van der Waals surface area contributed by atoms with Crippen LogP contribution in [0.4, 0.5) is 0 Å². The van der Waals surface area contributed by atoms with Crippen molar-refractivity contribution in [2.75, 3.05) is 5.88 Å². The van der Waals surface area contributed by atoms with Gasteiger partial charge in [0.1, 0.15) is 0 Å². The van der Waals surface area contributed by atoms with Gasteiger partial charge >= 0.3 is 0 Å². The second-order valence-electron chi connectivity index (χ2n) is 3.68. The monoisotopic (exact) mass is 232 g/mol. The van der Waals surface area contributed by atoms with Gasteiger partial charge in [0.25, 0.3) is 0 Å². The fourth-order valence-electron chi connectivity index (χ4n) is 1.35. The van der Waals surface area contributed by atoms with Crippen LogP contribution in [0.25, 0.3) is 0 Å². The summed E-state index contributed by atoms with van der Waals surface area (Å²) in [7, 11) is 0. The fourth-order valence-corrected chi connectivity index (χ4v) is 2.13. The first kappa shape index (κ1) is 12.0. The maximum absolute atomic E-state index is 5.75. The van der Waals surface area contributed by atoms with Crippen molar-refractivity contribution < 1.29 is 0 Å². The van der Waals surface area contributed by atoms with E-state index >= 15 is 0 Å². The molecule has 1 aromatic rings. The summed E-state index contributed by atoms with van der Waals surface area (Å²) >= 11 is 7.44. The molecule has 1 atom stereocenters. The van der Waals surface area contributed by atoms with Crippen molar-refractivity contribution in [3.63, 3.8) is 0 Å². The Morgan fingerprint density at radius 1 is 1.57 bits per heavy atom. The lowest BCUT2D eigenvalue weighted by Gasteiger charge is -2.20. The molecule has 2 nitrogen and oxygen atoms in total. The number of thiazole rings is 1. The summed E-state index contributed by atoms with van der Waals surface area (Å²) < 4.78 is 0. The third kappa shape index (κ3) is 3.95. The average molecular weight is 233 g/mol. The molecule has 0 bridgehead atoms. The van der Waals surface area contributed by atoms with E-state index in [4.69, 9.17) is 11.6 Å². The summed E-state index contributed by atoms with van der Waals surface area (Å²) in [4.78, 5) is 5.33. The van der Waals surface area contributed by atoms with Gasteiger partial charge in [-0.25, -0.2) is 0 Å². The molecule has 1 N–H and O–H groups in total. The number of hydrogen-bond donors (Lipinski definition) is 1. The molecule has 0 saturated heterocycles. The van der Waals surface area contributed by atoms with Crippen molar-refractivity contribution in [3.05, 3.63) is 16.6 Å². The van der Waals surface area contributed by atoms with Gasteiger partial charge in [0, 0.05) is 29.5 Å². The minimum absolute atomic E-state index is 0.509. The van der Waals surface area contributed by atoms with E-state index in [9.17, 15) is 0 Å². The molecule has 14 heavy (non-hydrogen) atoms. The van der Waals surface area contributed by atoms with Crippen LogP contribution in [-0.4, -0.2) is 16.9 Å². The minimum atomic E-state index is 0.509. The Bertz CT molecular complexity index is 236. The van der Waals surface area contributed by atoms with Crippen molar-refractivity contribution >= 4 is 22.9 Å². The molecule has 0 aromatic carbocycles.